The van der Waals surface area contributed by atoms with Gasteiger partial charge in [0.1, 0.15) is 6.04 Å². The van der Waals surface area contributed by atoms with Crippen molar-refractivity contribution >= 4 is 17.3 Å². The molecule has 1 aromatic rings. The zero-order chi connectivity index (χ0) is 11.8. The second-order valence-corrected chi connectivity index (χ2v) is 3.27. The lowest BCUT2D eigenvalue weighted by Crippen LogP contribution is -2.28. The highest BCUT2D eigenvalue weighted by atomic mass is 35.5. The Balaban J connectivity index is 3.23. The number of nitrogen functional groups attached to an aromatic ring is 1. The quantitative estimate of drug-likeness (QED) is 0.588. The second kappa shape index (κ2) is 3.86. The summed E-state index contributed by atoms with van der Waals surface area (Å²) in [6.45, 7) is 0. The summed E-state index contributed by atoms with van der Waals surface area (Å²) in [5.41, 5.74) is 9.14. The number of benzene rings is 1. The summed E-state index contributed by atoms with van der Waals surface area (Å²) in [7, 11) is 0. The van der Waals surface area contributed by atoms with Crippen LogP contribution in [0, 0.1) is 5.82 Å². The Hall–Kier alpha value is -1.01. The van der Waals surface area contributed by atoms with E-state index in [4.69, 9.17) is 23.1 Å². The van der Waals surface area contributed by atoms with Gasteiger partial charge in [0.2, 0.25) is 0 Å². The Kier molecular flexibility index (Phi) is 3.11. The molecule has 1 aromatic carbocycles. The summed E-state index contributed by atoms with van der Waals surface area (Å²) in [6.07, 6.45) is -4.67. The van der Waals surface area contributed by atoms with E-state index in [-0.39, 0.29) is 5.69 Å². The van der Waals surface area contributed by atoms with Crippen LogP contribution >= 0.6 is 11.6 Å². The topological polar surface area (TPSA) is 52.0 Å². The molecule has 0 saturated heterocycles. The SMILES string of the molecule is Nc1ccc([C@H](N)C(F)(F)F)c(Cl)c1F. The molecule has 1 rings (SSSR count). The van der Waals surface area contributed by atoms with Crippen molar-refractivity contribution < 1.29 is 17.6 Å². The molecule has 0 spiro atoms. The molecule has 2 nitrogen and oxygen atoms in total. The molecule has 0 fully saturated rings. The van der Waals surface area contributed by atoms with Gasteiger partial charge >= 0.3 is 6.18 Å². The van der Waals surface area contributed by atoms with Crippen LogP contribution in [0.25, 0.3) is 0 Å². The lowest BCUT2D eigenvalue weighted by molar-refractivity contribution is -0.149. The van der Waals surface area contributed by atoms with Crippen LogP contribution < -0.4 is 11.5 Å². The number of anilines is 1. The highest BCUT2D eigenvalue weighted by molar-refractivity contribution is 6.31. The maximum atomic E-state index is 13.1. The minimum absolute atomic E-state index is 0.321. The van der Waals surface area contributed by atoms with Gasteiger partial charge in [-0.1, -0.05) is 17.7 Å². The van der Waals surface area contributed by atoms with Crippen LogP contribution in [0.5, 0.6) is 0 Å². The average molecular weight is 243 g/mol. The molecule has 0 aliphatic rings. The largest absolute Gasteiger partial charge is 0.407 e. The number of rotatable bonds is 1. The van der Waals surface area contributed by atoms with Gasteiger partial charge in [-0.3, -0.25) is 0 Å². The number of nitrogens with two attached hydrogens (primary N) is 2. The highest BCUT2D eigenvalue weighted by Crippen LogP contribution is 2.36. The van der Waals surface area contributed by atoms with Crippen molar-refractivity contribution in [2.75, 3.05) is 5.73 Å². The van der Waals surface area contributed by atoms with Gasteiger partial charge in [-0.2, -0.15) is 13.2 Å². The van der Waals surface area contributed by atoms with Crippen molar-refractivity contribution in [3.63, 3.8) is 0 Å². The minimum atomic E-state index is -4.67. The second-order valence-electron chi connectivity index (χ2n) is 2.89. The Bertz CT molecular complexity index is 378. The molecule has 0 bridgehead atoms. The van der Waals surface area contributed by atoms with E-state index in [9.17, 15) is 17.6 Å². The zero-order valence-electron chi connectivity index (χ0n) is 7.28. The third-order valence-electron chi connectivity index (χ3n) is 1.83. The Morgan fingerprint density at radius 3 is 2.27 bits per heavy atom. The maximum Gasteiger partial charge on any atom is 0.407 e. The summed E-state index contributed by atoms with van der Waals surface area (Å²) < 4.78 is 49.7. The standard InChI is InChI=1S/C8H7ClF4N2/c9-5-3(7(15)8(11,12)13)1-2-4(14)6(5)10/h1-2,7H,14-15H2/t7-/m0/s1. The molecule has 0 heterocycles. The molecule has 0 aliphatic carbocycles. The van der Waals surface area contributed by atoms with Crippen LogP contribution in [0.3, 0.4) is 0 Å². The first-order valence-electron chi connectivity index (χ1n) is 3.80. The van der Waals surface area contributed by atoms with E-state index in [1.165, 1.54) is 0 Å². The number of alkyl halides is 3. The van der Waals surface area contributed by atoms with E-state index in [2.05, 4.69) is 0 Å². The zero-order valence-corrected chi connectivity index (χ0v) is 8.03. The van der Waals surface area contributed by atoms with Crippen molar-refractivity contribution in [2.45, 2.75) is 12.2 Å². The predicted molar refractivity (Wildman–Crippen MR) is 48.8 cm³/mol. The van der Waals surface area contributed by atoms with Gasteiger partial charge in [-0.05, 0) is 11.6 Å². The molecule has 0 aliphatic heterocycles. The predicted octanol–water partition coefficient (Wildman–Crippen LogP) is 2.62. The van der Waals surface area contributed by atoms with Crippen molar-refractivity contribution in [3.05, 3.63) is 28.5 Å². The maximum absolute atomic E-state index is 13.1. The molecule has 0 amide bonds. The molecule has 0 radical (unpaired) electrons. The lowest BCUT2D eigenvalue weighted by atomic mass is 10.1. The first-order chi connectivity index (χ1) is 6.75. The summed E-state index contributed by atoms with van der Waals surface area (Å²) in [6, 6.07) is -0.374. The molecule has 0 saturated carbocycles. The van der Waals surface area contributed by atoms with Crippen LogP contribution in [-0.2, 0) is 0 Å². The van der Waals surface area contributed by atoms with Crippen LogP contribution in [0.1, 0.15) is 11.6 Å². The van der Waals surface area contributed by atoms with E-state index >= 15 is 0 Å². The number of halogens is 5. The van der Waals surface area contributed by atoms with Gasteiger partial charge in [0.15, 0.2) is 5.82 Å². The van der Waals surface area contributed by atoms with Crippen molar-refractivity contribution in [3.8, 4) is 0 Å². The summed E-state index contributed by atoms with van der Waals surface area (Å²) >= 11 is 5.36. The number of hydrogen-bond donors (Lipinski definition) is 2. The molecular weight excluding hydrogens is 236 g/mol. The molecule has 0 aromatic heterocycles. The molecule has 0 unspecified atom stereocenters. The Morgan fingerprint density at radius 2 is 1.80 bits per heavy atom. The van der Waals surface area contributed by atoms with Gasteiger partial charge in [0, 0.05) is 0 Å². The van der Waals surface area contributed by atoms with Gasteiger partial charge < -0.3 is 11.5 Å². The van der Waals surface area contributed by atoms with Gasteiger partial charge in [0.05, 0.1) is 10.7 Å². The first kappa shape index (κ1) is 12.1. The molecule has 4 N–H and O–H groups in total. The smallest absolute Gasteiger partial charge is 0.396 e. The lowest BCUT2D eigenvalue weighted by Gasteiger charge is -2.17. The van der Waals surface area contributed by atoms with Crippen LogP contribution in [0.2, 0.25) is 5.02 Å². The summed E-state index contributed by atoms with van der Waals surface area (Å²) in [5, 5.41) is -0.695. The van der Waals surface area contributed by atoms with Crippen LogP contribution in [0.15, 0.2) is 12.1 Å². The number of hydrogen-bond acceptors (Lipinski definition) is 2. The van der Waals surface area contributed by atoms with Gasteiger partial charge in [-0.25, -0.2) is 4.39 Å². The van der Waals surface area contributed by atoms with E-state index in [0.717, 1.165) is 12.1 Å². The molecule has 1 atom stereocenters. The Labute approximate surface area is 87.8 Å². The molecule has 84 valence electrons. The van der Waals surface area contributed by atoms with Crippen LogP contribution in [0.4, 0.5) is 23.2 Å². The van der Waals surface area contributed by atoms with Crippen molar-refractivity contribution in [2.24, 2.45) is 5.73 Å². The fourth-order valence-corrected chi connectivity index (χ4v) is 1.29. The van der Waals surface area contributed by atoms with E-state index in [1.54, 1.807) is 0 Å². The third kappa shape index (κ3) is 2.32. The van der Waals surface area contributed by atoms with E-state index in [0.29, 0.717) is 0 Å². The van der Waals surface area contributed by atoms with Crippen LogP contribution in [-0.4, -0.2) is 6.18 Å². The monoisotopic (exact) mass is 242 g/mol. The fraction of sp³-hybridized carbons (Fsp3) is 0.250. The van der Waals surface area contributed by atoms with E-state index in [1.807, 2.05) is 0 Å². The summed E-state index contributed by atoms with van der Waals surface area (Å²) in [4.78, 5) is 0. The average Bonchev–Trinajstić information content (AvgIpc) is 2.12. The van der Waals surface area contributed by atoms with Crippen molar-refractivity contribution in [1.29, 1.82) is 0 Å². The normalized spacial score (nSPS) is 14.0. The van der Waals surface area contributed by atoms with Crippen molar-refractivity contribution in [1.82, 2.24) is 0 Å². The highest BCUT2D eigenvalue weighted by Gasteiger charge is 2.39. The molecule has 7 heteroatoms. The molecule has 15 heavy (non-hydrogen) atoms. The fourth-order valence-electron chi connectivity index (χ4n) is 0.996. The Morgan fingerprint density at radius 1 is 1.27 bits per heavy atom. The molecular formula is C8H7ClF4N2. The minimum Gasteiger partial charge on any atom is -0.396 e. The van der Waals surface area contributed by atoms with Gasteiger partial charge in [0.25, 0.3) is 0 Å². The van der Waals surface area contributed by atoms with E-state index < -0.39 is 28.6 Å². The third-order valence-corrected chi connectivity index (χ3v) is 2.21. The first-order valence-corrected chi connectivity index (χ1v) is 4.18. The van der Waals surface area contributed by atoms with Gasteiger partial charge in [-0.15, -0.1) is 0 Å². The summed E-state index contributed by atoms with van der Waals surface area (Å²) in [5.74, 6) is -1.09.